The highest BCUT2D eigenvalue weighted by Gasteiger charge is 2.71. The number of carbonyl (C=O) groups is 1. The molecule has 236 valence electrons. The molecule has 2 N–H and O–H groups in total. The minimum absolute atomic E-state index is 0.0894. The molecular formula is C39H56O4. The van der Waals surface area contributed by atoms with Crippen LogP contribution in [0.4, 0.5) is 0 Å². The summed E-state index contributed by atoms with van der Waals surface area (Å²) in [5, 5.41) is 20.3. The lowest BCUT2D eigenvalue weighted by Crippen LogP contribution is -2.67. The second kappa shape index (κ2) is 10.5. The zero-order valence-electron chi connectivity index (χ0n) is 27.6. The number of aliphatic hydroxyl groups excluding tert-OH is 1. The highest BCUT2D eigenvalue weighted by atomic mass is 16.5. The molecule has 0 amide bonds. The normalized spacial score (nSPS) is 45.0. The molecule has 5 fully saturated rings. The highest BCUT2D eigenvalue weighted by molar-refractivity contribution is 5.87. The van der Waals surface area contributed by atoms with E-state index in [2.05, 4.69) is 48.1 Å². The maximum atomic E-state index is 13.0. The van der Waals surface area contributed by atoms with Gasteiger partial charge in [-0.2, -0.15) is 0 Å². The monoisotopic (exact) mass is 588 g/mol. The van der Waals surface area contributed by atoms with Gasteiger partial charge < -0.3 is 14.9 Å². The topological polar surface area (TPSA) is 66.8 Å². The third-order valence-corrected chi connectivity index (χ3v) is 15.1. The number of ether oxygens (including phenoxy) is 1. The van der Waals surface area contributed by atoms with E-state index in [1.807, 2.05) is 0 Å². The Kier molecular flexibility index (Phi) is 7.55. The molecule has 5 aliphatic carbocycles. The first-order chi connectivity index (χ1) is 20.2. The van der Waals surface area contributed by atoms with Crippen LogP contribution in [0.15, 0.2) is 42.5 Å². The number of esters is 1. The third-order valence-electron chi connectivity index (χ3n) is 15.1. The fraction of sp³-hybridized carbons (Fsp3) is 0.718. The Morgan fingerprint density at radius 2 is 1.63 bits per heavy atom. The Hall–Kier alpha value is -2.07. The van der Waals surface area contributed by atoms with Gasteiger partial charge in [0.25, 0.3) is 0 Å². The second-order valence-corrected chi connectivity index (χ2v) is 16.9. The molecule has 4 nitrogen and oxygen atoms in total. The lowest BCUT2D eigenvalue weighted by molar-refractivity contribution is -0.251. The van der Waals surface area contributed by atoms with Crippen molar-refractivity contribution in [1.29, 1.82) is 0 Å². The Balaban J connectivity index is 1.23. The number of aliphatic hydroxyl groups is 1. The van der Waals surface area contributed by atoms with Crippen molar-refractivity contribution in [1.82, 2.24) is 0 Å². The van der Waals surface area contributed by atoms with Gasteiger partial charge >= 0.3 is 5.97 Å². The van der Waals surface area contributed by atoms with Crippen molar-refractivity contribution < 1.29 is 19.7 Å². The van der Waals surface area contributed by atoms with E-state index in [1.165, 1.54) is 50.2 Å². The van der Waals surface area contributed by atoms with Crippen LogP contribution in [0.2, 0.25) is 0 Å². The lowest BCUT2D eigenvalue weighted by atomic mass is 9.32. The van der Waals surface area contributed by atoms with Crippen molar-refractivity contribution in [2.24, 2.45) is 56.7 Å². The van der Waals surface area contributed by atoms with Gasteiger partial charge in [0.05, 0.1) is 0 Å². The van der Waals surface area contributed by atoms with Crippen LogP contribution in [-0.4, -0.2) is 28.9 Å². The summed E-state index contributed by atoms with van der Waals surface area (Å²) < 4.78 is 6.21. The largest absolute Gasteiger partial charge is 0.508 e. The number of rotatable bonds is 5. The predicted molar refractivity (Wildman–Crippen MR) is 173 cm³/mol. The maximum Gasteiger partial charge on any atom is 0.331 e. The van der Waals surface area contributed by atoms with Gasteiger partial charge in [0.15, 0.2) is 0 Å². The van der Waals surface area contributed by atoms with Gasteiger partial charge in [-0.15, -0.1) is 0 Å². The van der Waals surface area contributed by atoms with Crippen LogP contribution in [0.5, 0.6) is 5.75 Å². The molecule has 6 rings (SSSR count). The van der Waals surface area contributed by atoms with E-state index in [0.717, 1.165) is 31.2 Å². The average Bonchev–Trinajstić information content (AvgIpc) is 3.35. The number of hydrogen-bond acceptors (Lipinski definition) is 4. The van der Waals surface area contributed by atoms with Crippen molar-refractivity contribution in [2.75, 3.05) is 6.61 Å². The Bertz CT molecular complexity index is 1280. The molecular weight excluding hydrogens is 532 g/mol. The molecule has 4 heteroatoms. The number of fused-ring (bicyclic) bond motifs is 7. The number of benzene rings is 1. The minimum atomic E-state index is -0.276. The molecule has 0 bridgehead atoms. The van der Waals surface area contributed by atoms with Gasteiger partial charge in [-0.1, -0.05) is 58.9 Å². The van der Waals surface area contributed by atoms with E-state index in [4.69, 9.17) is 4.74 Å². The molecule has 0 radical (unpaired) electrons. The number of carbonyl (C=O) groups excluding carboxylic acids is 1. The van der Waals surface area contributed by atoms with Crippen molar-refractivity contribution in [3.05, 3.63) is 48.1 Å². The van der Waals surface area contributed by atoms with E-state index in [1.54, 1.807) is 30.3 Å². The fourth-order valence-corrected chi connectivity index (χ4v) is 12.7. The SMILES string of the molecule is C=C(C)[C@@H]1CC[C@]2(CO)CC[C@]3(C)[C@H](CC[C@@H]4[C@@]5(C)CC[C@H](OC(=O)C=Cc6ccc(O)cc6)C(C)(C)[C@@H]5CC[C@]43C)[C@@H]12. The van der Waals surface area contributed by atoms with Crippen LogP contribution in [0, 0.1) is 56.7 Å². The molecule has 10 atom stereocenters. The lowest BCUT2D eigenvalue weighted by Gasteiger charge is -2.73. The summed E-state index contributed by atoms with van der Waals surface area (Å²) in [5.74, 6) is 2.90. The molecule has 43 heavy (non-hydrogen) atoms. The fourth-order valence-electron chi connectivity index (χ4n) is 12.7. The van der Waals surface area contributed by atoms with Gasteiger partial charge in [0.1, 0.15) is 11.9 Å². The van der Waals surface area contributed by atoms with E-state index in [-0.39, 0.29) is 44.9 Å². The van der Waals surface area contributed by atoms with Crippen molar-refractivity contribution in [3.63, 3.8) is 0 Å². The zero-order valence-corrected chi connectivity index (χ0v) is 27.6. The standard InChI is InChI=1S/C39H56O4/c1-25(2)28-16-21-39(24-40)23-22-37(6)29(34(28)39)13-14-31-36(5)19-18-32(35(3,4)30(36)17-20-38(31,37)7)43-33(42)15-10-26-8-11-27(41)12-9-26/h8-12,15,28-32,34,40-41H,1,13-14,16-24H2,2-7H3/t28-,29+,30-,31+,32-,34+,36-,37+,38+,39+/m0/s1. The van der Waals surface area contributed by atoms with Crippen molar-refractivity contribution >= 4 is 12.0 Å². The molecule has 0 aromatic heterocycles. The third kappa shape index (κ3) is 4.50. The first-order valence-corrected chi connectivity index (χ1v) is 17.2. The summed E-state index contributed by atoms with van der Waals surface area (Å²) in [7, 11) is 0. The number of aromatic hydroxyl groups is 1. The second-order valence-electron chi connectivity index (χ2n) is 16.9. The first-order valence-electron chi connectivity index (χ1n) is 17.2. The van der Waals surface area contributed by atoms with Crippen molar-refractivity contribution in [2.45, 2.75) is 112 Å². The van der Waals surface area contributed by atoms with Gasteiger partial charge in [-0.3, -0.25) is 0 Å². The van der Waals surface area contributed by atoms with Crippen LogP contribution in [-0.2, 0) is 9.53 Å². The molecule has 1 aromatic rings. The number of hydrogen-bond donors (Lipinski definition) is 2. The Morgan fingerprint density at radius 1 is 0.907 bits per heavy atom. The van der Waals surface area contributed by atoms with Crippen LogP contribution in [0.1, 0.15) is 111 Å². The Labute approximate surface area is 260 Å². The van der Waals surface area contributed by atoms with Gasteiger partial charge in [-0.05, 0) is 146 Å². The molecule has 0 aliphatic heterocycles. The molecule has 1 aromatic carbocycles. The quantitative estimate of drug-likeness (QED) is 0.205. The number of phenolic OH excluding ortho intramolecular Hbond substituents is 1. The van der Waals surface area contributed by atoms with E-state index in [0.29, 0.717) is 36.2 Å². The van der Waals surface area contributed by atoms with Gasteiger partial charge in [0, 0.05) is 18.1 Å². The summed E-state index contributed by atoms with van der Waals surface area (Å²) in [4.78, 5) is 13.0. The number of phenols is 1. The predicted octanol–water partition coefficient (Wildman–Crippen LogP) is 8.97. The highest BCUT2D eigenvalue weighted by Crippen LogP contribution is 2.77. The van der Waals surface area contributed by atoms with E-state index < -0.39 is 0 Å². The van der Waals surface area contributed by atoms with Crippen LogP contribution in [0.25, 0.3) is 6.08 Å². The molecule has 0 saturated heterocycles. The smallest absolute Gasteiger partial charge is 0.331 e. The van der Waals surface area contributed by atoms with E-state index >= 15 is 0 Å². The first kappa shape index (κ1) is 30.9. The van der Waals surface area contributed by atoms with Crippen LogP contribution < -0.4 is 0 Å². The summed E-state index contributed by atoms with van der Waals surface area (Å²) in [6, 6.07) is 6.85. The van der Waals surface area contributed by atoms with E-state index in [9.17, 15) is 15.0 Å². The Morgan fingerprint density at radius 3 is 2.30 bits per heavy atom. The average molecular weight is 589 g/mol. The summed E-state index contributed by atoms with van der Waals surface area (Å²) in [6.07, 6.45) is 15.0. The summed E-state index contributed by atoms with van der Waals surface area (Å²) >= 11 is 0. The molecule has 5 aliphatic rings. The molecule has 0 heterocycles. The molecule has 0 spiro atoms. The van der Waals surface area contributed by atoms with Gasteiger partial charge in [-0.25, -0.2) is 4.79 Å². The van der Waals surface area contributed by atoms with Gasteiger partial charge in [0.2, 0.25) is 0 Å². The van der Waals surface area contributed by atoms with Crippen LogP contribution >= 0.6 is 0 Å². The molecule has 5 saturated carbocycles. The molecule has 0 unspecified atom stereocenters. The number of allylic oxidation sites excluding steroid dienone is 1. The maximum absolute atomic E-state index is 13.0. The van der Waals surface area contributed by atoms with Crippen molar-refractivity contribution in [3.8, 4) is 5.75 Å². The minimum Gasteiger partial charge on any atom is -0.508 e. The van der Waals surface area contributed by atoms with Crippen LogP contribution in [0.3, 0.4) is 0 Å². The summed E-state index contributed by atoms with van der Waals surface area (Å²) in [6.45, 7) is 19.7. The summed E-state index contributed by atoms with van der Waals surface area (Å²) in [5.41, 5.74) is 2.98. The zero-order chi connectivity index (χ0) is 31.0.